The number of carbonyl (C=O) groups excluding carboxylic acids is 1. The molecule has 2 atom stereocenters. The van der Waals surface area contributed by atoms with Crippen LogP contribution in [-0.2, 0) is 9.53 Å². The van der Waals surface area contributed by atoms with E-state index in [1.54, 1.807) is 0 Å². The van der Waals surface area contributed by atoms with E-state index in [0.29, 0.717) is 24.0 Å². The SMILES string of the molecule is CCOC(=O)C1(NC2CC2)CCCC(C(C)(C)C)CC1. The maximum atomic E-state index is 12.5. The highest BCUT2D eigenvalue weighted by molar-refractivity contribution is 5.81. The molecule has 0 spiro atoms. The van der Waals surface area contributed by atoms with E-state index in [1.165, 1.54) is 19.3 Å². The number of ether oxygens (including phenoxy) is 1. The van der Waals surface area contributed by atoms with Crippen LogP contribution in [0.15, 0.2) is 0 Å². The van der Waals surface area contributed by atoms with Gasteiger partial charge in [-0.05, 0) is 56.8 Å². The smallest absolute Gasteiger partial charge is 0.326 e. The first-order valence-electron chi connectivity index (χ1n) is 8.32. The van der Waals surface area contributed by atoms with Crippen LogP contribution in [0, 0.1) is 11.3 Å². The van der Waals surface area contributed by atoms with Crippen LogP contribution in [0.5, 0.6) is 0 Å². The van der Waals surface area contributed by atoms with Gasteiger partial charge in [-0.3, -0.25) is 10.1 Å². The highest BCUT2D eigenvalue weighted by Gasteiger charge is 2.45. The summed E-state index contributed by atoms with van der Waals surface area (Å²) in [5.74, 6) is 0.696. The maximum absolute atomic E-state index is 12.5. The third-order valence-corrected chi connectivity index (χ3v) is 5.02. The lowest BCUT2D eigenvalue weighted by molar-refractivity contribution is -0.152. The Bertz CT molecular complexity index is 343. The number of carbonyl (C=O) groups is 1. The fraction of sp³-hybridized carbons (Fsp3) is 0.941. The van der Waals surface area contributed by atoms with Gasteiger partial charge in [0.25, 0.3) is 0 Å². The standard InChI is InChI=1S/C17H31NO2/c1-5-20-15(19)17(18-14-8-9-14)11-6-7-13(10-12-17)16(2,3)4/h13-14,18H,5-12H2,1-4H3. The lowest BCUT2D eigenvalue weighted by Crippen LogP contribution is -2.53. The first-order chi connectivity index (χ1) is 9.37. The van der Waals surface area contributed by atoms with Crippen LogP contribution in [-0.4, -0.2) is 24.2 Å². The fourth-order valence-electron chi connectivity index (χ4n) is 3.50. The molecule has 2 unspecified atom stereocenters. The zero-order valence-corrected chi connectivity index (χ0v) is 13.6. The molecule has 3 heteroatoms. The molecule has 0 amide bonds. The second kappa shape index (κ2) is 6.05. The van der Waals surface area contributed by atoms with Gasteiger partial charge in [0.2, 0.25) is 0 Å². The molecule has 0 aromatic carbocycles. The molecule has 2 rings (SSSR count). The number of rotatable bonds is 4. The van der Waals surface area contributed by atoms with E-state index < -0.39 is 5.54 Å². The van der Waals surface area contributed by atoms with Crippen LogP contribution in [0.3, 0.4) is 0 Å². The van der Waals surface area contributed by atoms with Crippen molar-refractivity contribution in [1.29, 1.82) is 0 Å². The topological polar surface area (TPSA) is 38.3 Å². The zero-order valence-electron chi connectivity index (χ0n) is 13.6. The van der Waals surface area contributed by atoms with Crippen LogP contribution in [0.25, 0.3) is 0 Å². The average Bonchev–Trinajstić information content (AvgIpc) is 3.16. The quantitative estimate of drug-likeness (QED) is 0.631. The molecule has 3 nitrogen and oxygen atoms in total. The molecule has 20 heavy (non-hydrogen) atoms. The predicted octanol–water partition coefficient (Wildman–Crippen LogP) is 3.67. The summed E-state index contributed by atoms with van der Waals surface area (Å²) < 4.78 is 5.39. The molecule has 0 bridgehead atoms. The Morgan fingerprint density at radius 3 is 2.45 bits per heavy atom. The van der Waals surface area contributed by atoms with Crippen LogP contribution in [0.1, 0.15) is 72.6 Å². The minimum Gasteiger partial charge on any atom is -0.465 e. The summed E-state index contributed by atoms with van der Waals surface area (Å²) >= 11 is 0. The van der Waals surface area contributed by atoms with Crippen molar-refractivity contribution in [2.75, 3.05) is 6.61 Å². The van der Waals surface area contributed by atoms with Crippen molar-refractivity contribution in [3.63, 3.8) is 0 Å². The molecule has 2 saturated carbocycles. The van der Waals surface area contributed by atoms with Crippen LogP contribution >= 0.6 is 0 Å². The molecule has 0 aliphatic heterocycles. The molecule has 2 aliphatic rings. The van der Waals surface area contributed by atoms with Crippen molar-refractivity contribution in [2.45, 2.75) is 84.2 Å². The van der Waals surface area contributed by atoms with Gasteiger partial charge >= 0.3 is 5.97 Å². The molecule has 1 N–H and O–H groups in total. The molecule has 116 valence electrons. The van der Waals surface area contributed by atoms with Crippen molar-refractivity contribution in [3.8, 4) is 0 Å². The van der Waals surface area contributed by atoms with E-state index in [9.17, 15) is 4.79 Å². The number of hydrogen-bond donors (Lipinski definition) is 1. The minimum absolute atomic E-state index is 0.0125. The second-order valence-corrected chi connectivity index (χ2v) is 7.72. The Morgan fingerprint density at radius 2 is 1.90 bits per heavy atom. The molecule has 0 aromatic rings. The minimum atomic E-state index is -0.406. The van der Waals surface area contributed by atoms with Crippen molar-refractivity contribution >= 4 is 5.97 Å². The van der Waals surface area contributed by atoms with Gasteiger partial charge in [0.15, 0.2) is 0 Å². The molecule has 0 saturated heterocycles. The Hall–Kier alpha value is -0.570. The number of hydrogen-bond acceptors (Lipinski definition) is 3. The van der Waals surface area contributed by atoms with Crippen LogP contribution in [0.2, 0.25) is 0 Å². The lowest BCUT2D eigenvalue weighted by Gasteiger charge is -2.33. The third-order valence-electron chi connectivity index (χ3n) is 5.02. The van der Waals surface area contributed by atoms with Crippen LogP contribution < -0.4 is 5.32 Å². The zero-order chi connectivity index (χ0) is 14.8. The van der Waals surface area contributed by atoms with Gasteiger partial charge in [-0.2, -0.15) is 0 Å². The van der Waals surface area contributed by atoms with Gasteiger partial charge in [-0.15, -0.1) is 0 Å². The Balaban J connectivity index is 2.09. The van der Waals surface area contributed by atoms with Gasteiger partial charge in [0, 0.05) is 6.04 Å². The monoisotopic (exact) mass is 281 g/mol. The van der Waals surface area contributed by atoms with Crippen molar-refractivity contribution in [1.82, 2.24) is 5.32 Å². The molecule has 0 heterocycles. The highest BCUT2D eigenvalue weighted by Crippen LogP contribution is 2.41. The summed E-state index contributed by atoms with van der Waals surface area (Å²) in [6, 6.07) is 0.547. The molecule has 2 fully saturated rings. The fourth-order valence-corrected chi connectivity index (χ4v) is 3.50. The van der Waals surface area contributed by atoms with Crippen LogP contribution in [0.4, 0.5) is 0 Å². The van der Waals surface area contributed by atoms with E-state index in [4.69, 9.17) is 4.74 Å². The normalized spacial score (nSPS) is 31.7. The molecule has 0 aromatic heterocycles. The van der Waals surface area contributed by atoms with E-state index >= 15 is 0 Å². The van der Waals surface area contributed by atoms with Gasteiger partial charge < -0.3 is 4.74 Å². The van der Waals surface area contributed by atoms with Gasteiger partial charge in [0.1, 0.15) is 5.54 Å². The summed E-state index contributed by atoms with van der Waals surface area (Å²) in [6.45, 7) is 9.35. The first kappa shape index (κ1) is 15.8. The summed E-state index contributed by atoms with van der Waals surface area (Å²) in [7, 11) is 0. The van der Waals surface area contributed by atoms with E-state index in [2.05, 4.69) is 26.1 Å². The van der Waals surface area contributed by atoms with E-state index in [0.717, 1.165) is 25.7 Å². The molecule has 2 aliphatic carbocycles. The van der Waals surface area contributed by atoms with E-state index in [-0.39, 0.29) is 5.97 Å². The van der Waals surface area contributed by atoms with Gasteiger partial charge in [-0.1, -0.05) is 27.2 Å². The number of nitrogens with one attached hydrogen (secondary N) is 1. The maximum Gasteiger partial charge on any atom is 0.326 e. The predicted molar refractivity (Wildman–Crippen MR) is 81.6 cm³/mol. The van der Waals surface area contributed by atoms with Crippen molar-refractivity contribution in [3.05, 3.63) is 0 Å². The number of esters is 1. The Kier molecular flexibility index (Phi) is 4.78. The largest absolute Gasteiger partial charge is 0.465 e. The lowest BCUT2D eigenvalue weighted by atomic mass is 9.76. The average molecular weight is 281 g/mol. The third kappa shape index (κ3) is 3.75. The molecular formula is C17H31NO2. The van der Waals surface area contributed by atoms with E-state index in [1.807, 2.05) is 6.92 Å². The summed E-state index contributed by atoms with van der Waals surface area (Å²) in [5, 5.41) is 3.63. The second-order valence-electron chi connectivity index (χ2n) is 7.72. The van der Waals surface area contributed by atoms with Crippen molar-refractivity contribution < 1.29 is 9.53 Å². The Morgan fingerprint density at radius 1 is 1.20 bits per heavy atom. The Labute approximate surface area is 123 Å². The molecular weight excluding hydrogens is 250 g/mol. The first-order valence-corrected chi connectivity index (χ1v) is 8.32. The van der Waals surface area contributed by atoms with Crippen molar-refractivity contribution in [2.24, 2.45) is 11.3 Å². The summed E-state index contributed by atoms with van der Waals surface area (Å²) in [6.07, 6.45) is 7.78. The van der Waals surface area contributed by atoms with Gasteiger partial charge in [-0.25, -0.2) is 0 Å². The highest BCUT2D eigenvalue weighted by atomic mass is 16.5. The molecule has 0 radical (unpaired) electrons. The van der Waals surface area contributed by atoms with Gasteiger partial charge in [0.05, 0.1) is 6.61 Å². The summed E-state index contributed by atoms with van der Waals surface area (Å²) in [4.78, 5) is 12.5. The summed E-state index contributed by atoms with van der Waals surface area (Å²) in [5.41, 5.74) is -0.0680.